The maximum Gasteiger partial charge on any atom is 0.257 e. The summed E-state index contributed by atoms with van der Waals surface area (Å²) in [6.07, 6.45) is 0.165. The first-order chi connectivity index (χ1) is 12.5. The molecule has 2 amide bonds. The first kappa shape index (κ1) is 18.1. The number of hydrogen-bond acceptors (Lipinski definition) is 4. The summed E-state index contributed by atoms with van der Waals surface area (Å²) in [5, 5.41) is 5.53. The number of thiazole rings is 1. The van der Waals surface area contributed by atoms with Crippen molar-refractivity contribution < 1.29 is 9.59 Å². The molecule has 0 aliphatic rings. The largest absolute Gasteiger partial charge is 0.315 e. The molecular formula is C19H16ClN3O2S. The molecule has 0 bridgehead atoms. The summed E-state index contributed by atoms with van der Waals surface area (Å²) >= 11 is 7.11. The van der Waals surface area contributed by atoms with Gasteiger partial charge in [-0.1, -0.05) is 29.8 Å². The Bertz CT molecular complexity index is 910. The van der Waals surface area contributed by atoms with Crippen LogP contribution in [0.25, 0.3) is 0 Å². The highest BCUT2D eigenvalue weighted by molar-refractivity contribution is 7.14. The normalized spacial score (nSPS) is 10.4. The highest BCUT2D eigenvalue weighted by atomic mass is 35.5. The van der Waals surface area contributed by atoms with Gasteiger partial charge in [-0.3, -0.25) is 14.9 Å². The van der Waals surface area contributed by atoms with Gasteiger partial charge in [-0.15, -0.1) is 11.3 Å². The van der Waals surface area contributed by atoms with Crippen molar-refractivity contribution in [3.8, 4) is 0 Å². The molecule has 0 saturated heterocycles. The van der Waals surface area contributed by atoms with Crippen LogP contribution in [0.2, 0.25) is 5.02 Å². The number of amides is 2. The predicted molar refractivity (Wildman–Crippen MR) is 105 cm³/mol. The molecule has 2 aromatic carbocycles. The van der Waals surface area contributed by atoms with Crippen LogP contribution in [0.4, 0.5) is 10.8 Å². The number of hydrogen-bond donors (Lipinski definition) is 1. The number of benzene rings is 2. The zero-order valence-corrected chi connectivity index (χ0v) is 15.6. The van der Waals surface area contributed by atoms with Gasteiger partial charge in [-0.05, 0) is 36.4 Å². The molecule has 1 aromatic heterocycles. The molecule has 3 aromatic rings. The van der Waals surface area contributed by atoms with E-state index >= 15 is 0 Å². The van der Waals surface area contributed by atoms with Gasteiger partial charge in [0.1, 0.15) is 0 Å². The molecule has 5 nitrogen and oxygen atoms in total. The highest BCUT2D eigenvalue weighted by Gasteiger charge is 2.15. The SMILES string of the molecule is CN(C(=O)Cc1csc(NC(=O)c2ccc(Cl)cc2)n1)c1ccccc1. The Morgan fingerprint density at radius 2 is 1.81 bits per heavy atom. The zero-order chi connectivity index (χ0) is 18.5. The first-order valence-corrected chi connectivity index (χ1v) is 9.11. The number of halogens is 1. The molecule has 0 radical (unpaired) electrons. The number of para-hydroxylation sites is 1. The average molecular weight is 386 g/mol. The van der Waals surface area contributed by atoms with Crippen molar-refractivity contribution in [2.75, 3.05) is 17.3 Å². The van der Waals surface area contributed by atoms with Crippen LogP contribution in [0, 0.1) is 0 Å². The molecule has 132 valence electrons. The molecule has 7 heteroatoms. The molecule has 0 atom stereocenters. The topological polar surface area (TPSA) is 62.3 Å². The monoisotopic (exact) mass is 385 g/mol. The van der Waals surface area contributed by atoms with Crippen molar-refractivity contribution in [2.45, 2.75) is 6.42 Å². The van der Waals surface area contributed by atoms with E-state index in [9.17, 15) is 9.59 Å². The lowest BCUT2D eigenvalue weighted by atomic mass is 10.2. The van der Waals surface area contributed by atoms with Gasteiger partial charge in [0.25, 0.3) is 5.91 Å². The molecule has 26 heavy (non-hydrogen) atoms. The molecule has 1 N–H and O–H groups in total. The number of nitrogens with zero attached hydrogens (tertiary/aromatic N) is 2. The van der Waals surface area contributed by atoms with Gasteiger partial charge in [0, 0.05) is 28.7 Å². The Kier molecular flexibility index (Phi) is 5.65. The lowest BCUT2D eigenvalue weighted by Gasteiger charge is -2.16. The second-order valence-electron chi connectivity index (χ2n) is 5.57. The summed E-state index contributed by atoms with van der Waals surface area (Å²) in [5.41, 5.74) is 1.93. The third kappa shape index (κ3) is 4.47. The lowest BCUT2D eigenvalue weighted by molar-refractivity contribution is -0.117. The van der Waals surface area contributed by atoms with Gasteiger partial charge in [0.15, 0.2) is 5.13 Å². The van der Waals surface area contributed by atoms with Crippen molar-refractivity contribution in [1.82, 2.24) is 4.98 Å². The van der Waals surface area contributed by atoms with E-state index in [4.69, 9.17) is 11.6 Å². The Morgan fingerprint density at radius 3 is 2.50 bits per heavy atom. The molecule has 0 fully saturated rings. The van der Waals surface area contributed by atoms with Crippen LogP contribution in [-0.4, -0.2) is 23.8 Å². The summed E-state index contributed by atoms with van der Waals surface area (Å²) in [4.78, 5) is 30.5. The number of carbonyl (C=O) groups excluding carboxylic acids is 2. The quantitative estimate of drug-likeness (QED) is 0.714. The van der Waals surface area contributed by atoms with Crippen LogP contribution in [0.1, 0.15) is 16.1 Å². The molecule has 1 heterocycles. The van der Waals surface area contributed by atoms with Gasteiger partial charge >= 0.3 is 0 Å². The van der Waals surface area contributed by atoms with E-state index in [1.54, 1.807) is 41.6 Å². The van der Waals surface area contributed by atoms with E-state index < -0.39 is 0 Å². The Balaban J connectivity index is 1.61. The lowest BCUT2D eigenvalue weighted by Crippen LogP contribution is -2.27. The zero-order valence-electron chi connectivity index (χ0n) is 14.0. The van der Waals surface area contributed by atoms with E-state index in [0.717, 1.165) is 5.69 Å². The summed E-state index contributed by atoms with van der Waals surface area (Å²) in [5.74, 6) is -0.340. The summed E-state index contributed by atoms with van der Waals surface area (Å²) in [6.45, 7) is 0. The van der Waals surface area contributed by atoms with Gasteiger partial charge in [0.2, 0.25) is 5.91 Å². The van der Waals surface area contributed by atoms with Crippen molar-refractivity contribution in [3.05, 3.63) is 76.3 Å². The van der Waals surface area contributed by atoms with E-state index in [-0.39, 0.29) is 18.2 Å². The number of carbonyl (C=O) groups is 2. The number of anilines is 2. The highest BCUT2D eigenvalue weighted by Crippen LogP contribution is 2.19. The predicted octanol–water partition coefficient (Wildman–Crippen LogP) is 4.25. The van der Waals surface area contributed by atoms with Crippen LogP contribution >= 0.6 is 22.9 Å². The molecular weight excluding hydrogens is 370 g/mol. The molecule has 0 aliphatic heterocycles. The fraction of sp³-hybridized carbons (Fsp3) is 0.105. The van der Waals surface area contributed by atoms with Crippen LogP contribution in [0.3, 0.4) is 0 Å². The second-order valence-corrected chi connectivity index (χ2v) is 6.86. The second kappa shape index (κ2) is 8.12. The van der Waals surface area contributed by atoms with Gasteiger partial charge in [0.05, 0.1) is 12.1 Å². The molecule has 0 spiro atoms. The van der Waals surface area contributed by atoms with Crippen molar-refractivity contribution in [2.24, 2.45) is 0 Å². The number of rotatable bonds is 5. The van der Waals surface area contributed by atoms with Crippen molar-refractivity contribution in [3.63, 3.8) is 0 Å². The summed E-state index contributed by atoms with van der Waals surface area (Å²) in [7, 11) is 1.73. The summed E-state index contributed by atoms with van der Waals surface area (Å²) < 4.78 is 0. The first-order valence-electron chi connectivity index (χ1n) is 7.86. The van der Waals surface area contributed by atoms with Crippen molar-refractivity contribution in [1.29, 1.82) is 0 Å². The van der Waals surface area contributed by atoms with E-state index in [1.165, 1.54) is 11.3 Å². The number of nitrogens with one attached hydrogen (secondary N) is 1. The number of aromatic nitrogens is 1. The maximum absolute atomic E-state index is 12.4. The third-order valence-electron chi connectivity index (χ3n) is 3.73. The Hall–Kier alpha value is -2.70. The van der Waals surface area contributed by atoms with Gasteiger partial charge < -0.3 is 4.90 Å². The smallest absolute Gasteiger partial charge is 0.257 e. The summed E-state index contributed by atoms with van der Waals surface area (Å²) in [6, 6.07) is 16.0. The van der Waals surface area contributed by atoms with Gasteiger partial charge in [-0.2, -0.15) is 0 Å². The van der Waals surface area contributed by atoms with E-state index in [1.807, 2.05) is 30.3 Å². The van der Waals surface area contributed by atoms with Crippen LogP contribution < -0.4 is 10.2 Å². The Labute approximate surface area is 160 Å². The molecule has 3 rings (SSSR count). The molecule has 0 saturated carbocycles. The van der Waals surface area contributed by atoms with E-state index in [2.05, 4.69) is 10.3 Å². The van der Waals surface area contributed by atoms with Gasteiger partial charge in [-0.25, -0.2) is 4.98 Å². The fourth-order valence-electron chi connectivity index (χ4n) is 2.29. The average Bonchev–Trinajstić information content (AvgIpc) is 3.09. The minimum absolute atomic E-state index is 0.0722. The fourth-order valence-corrected chi connectivity index (χ4v) is 3.12. The molecule has 0 aliphatic carbocycles. The van der Waals surface area contributed by atoms with Crippen LogP contribution in [0.5, 0.6) is 0 Å². The van der Waals surface area contributed by atoms with Crippen molar-refractivity contribution >= 4 is 45.6 Å². The van der Waals surface area contributed by atoms with Crippen LogP contribution in [-0.2, 0) is 11.2 Å². The van der Waals surface area contributed by atoms with Crippen LogP contribution in [0.15, 0.2) is 60.0 Å². The molecule has 0 unspecified atom stereocenters. The minimum atomic E-state index is -0.268. The standard InChI is InChI=1S/C19H16ClN3O2S/c1-23(16-5-3-2-4-6-16)17(24)11-15-12-26-19(21-15)22-18(25)13-7-9-14(20)10-8-13/h2-10,12H,11H2,1H3,(H,21,22,25). The third-order valence-corrected chi connectivity index (χ3v) is 4.79. The maximum atomic E-state index is 12.4. The van der Waals surface area contributed by atoms with E-state index in [0.29, 0.717) is 21.4 Å². The minimum Gasteiger partial charge on any atom is -0.315 e. The number of likely N-dealkylation sites (N-methyl/N-ethyl adjacent to an activating group) is 1. The Morgan fingerprint density at radius 1 is 1.12 bits per heavy atom.